The molecule has 0 aliphatic rings. The van der Waals surface area contributed by atoms with Crippen LogP contribution in [0, 0.1) is 6.92 Å². The van der Waals surface area contributed by atoms with Gasteiger partial charge in [-0.25, -0.2) is 8.42 Å². The smallest absolute Gasteiger partial charge is 0.264 e. The molecule has 0 unspecified atom stereocenters. The number of carbonyl (C=O) groups excluding carboxylic acids is 1. The van der Waals surface area contributed by atoms with E-state index in [2.05, 4.69) is 5.32 Å². The Morgan fingerprint density at radius 2 is 1.58 bits per heavy atom. The highest BCUT2D eigenvalue weighted by atomic mass is 35.5. The fourth-order valence-corrected chi connectivity index (χ4v) is 4.66. The number of anilines is 1. The Kier molecular flexibility index (Phi) is 7.36. The number of amides is 1. The van der Waals surface area contributed by atoms with Gasteiger partial charge in [0.05, 0.1) is 10.6 Å². The van der Waals surface area contributed by atoms with Gasteiger partial charge in [0.15, 0.2) is 0 Å². The number of carbonyl (C=O) groups is 1. The van der Waals surface area contributed by atoms with E-state index in [1.54, 1.807) is 12.1 Å². The second-order valence-corrected chi connectivity index (χ2v) is 9.72. The van der Waals surface area contributed by atoms with Crippen molar-refractivity contribution >= 4 is 33.2 Å². The maximum Gasteiger partial charge on any atom is 0.264 e. The summed E-state index contributed by atoms with van der Waals surface area (Å²) in [5.41, 5.74) is 2.52. The fraction of sp³-hybridized carbons (Fsp3) is 0.208. The molecule has 0 bridgehead atoms. The average Bonchev–Trinajstić information content (AvgIpc) is 2.77. The molecule has 3 aromatic rings. The van der Waals surface area contributed by atoms with Crippen LogP contribution in [0.2, 0.25) is 5.02 Å². The summed E-state index contributed by atoms with van der Waals surface area (Å²) in [6.45, 7) is 4.01. The van der Waals surface area contributed by atoms with Gasteiger partial charge >= 0.3 is 0 Å². The number of aryl methyl sites for hydroxylation is 1. The Balaban J connectivity index is 1.80. The van der Waals surface area contributed by atoms with Crippen LogP contribution in [-0.2, 0) is 14.8 Å². The summed E-state index contributed by atoms with van der Waals surface area (Å²) in [5, 5.41) is 3.30. The van der Waals surface area contributed by atoms with Crippen LogP contribution in [0.25, 0.3) is 0 Å². The van der Waals surface area contributed by atoms with Gasteiger partial charge in [0.2, 0.25) is 5.91 Å². The highest BCUT2D eigenvalue weighted by Crippen LogP contribution is 2.25. The van der Waals surface area contributed by atoms with Gasteiger partial charge in [0, 0.05) is 11.6 Å². The quantitative estimate of drug-likeness (QED) is 0.531. The molecule has 0 fully saturated rings. The molecule has 0 heterocycles. The van der Waals surface area contributed by atoms with Gasteiger partial charge in [0.1, 0.15) is 6.54 Å². The van der Waals surface area contributed by atoms with Crippen LogP contribution in [0.4, 0.5) is 5.69 Å². The third-order valence-electron chi connectivity index (χ3n) is 4.98. The highest BCUT2D eigenvalue weighted by Gasteiger charge is 2.27. The second kappa shape index (κ2) is 9.98. The third-order valence-corrected chi connectivity index (χ3v) is 7.02. The Bertz CT molecular complexity index is 1120. The zero-order valence-corrected chi connectivity index (χ0v) is 19.0. The summed E-state index contributed by atoms with van der Waals surface area (Å²) in [5.74, 6) is -0.272. The number of benzene rings is 3. The van der Waals surface area contributed by atoms with Crippen molar-refractivity contribution in [1.29, 1.82) is 0 Å². The minimum Gasteiger partial charge on any atom is -0.354 e. The molecule has 162 valence electrons. The first-order valence-electron chi connectivity index (χ1n) is 9.94. The van der Waals surface area contributed by atoms with Crippen LogP contribution < -0.4 is 9.62 Å². The number of sulfonamides is 1. The summed E-state index contributed by atoms with van der Waals surface area (Å²) in [6.07, 6.45) is 0. The van der Waals surface area contributed by atoms with Gasteiger partial charge in [0.25, 0.3) is 10.0 Å². The zero-order chi connectivity index (χ0) is 22.4. The van der Waals surface area contributed by atoms with Crippen LogP contribution in [0.3, 0.4) is 0 Å². The van der Waals surface area contributed by atoms with Crippen molar-refractivity contribution in [3.05, 3.63) is 95.0 Å². The first-order valence-corrected chi connectivity index (χ1v) is 11.8. The van der Waals surface area contributed by atoms with E-state index < -0.39 is 10.0 Å². The lowest BCUT2D eigenvalue weighted by molar-refractivity contribution is -0.119. The minimum absolute atomic E-state index is 0.0722. The highest BCUT2D eigenvalue weighted by molar-refractivity contribution is 7.92. The van der Waals surface area contributed by atoms with Crippen molar-refractivity contribution in [2.24, 2.45) is 0 Å². The SMILES string of the molecule is Cc1ccc(N(CC(=O)NC[C@@H](C)c2ccccc2)S(=O)(=O)c2ccc(Cl)cc2)cc1. The van der Waals surface area contributed by atoms with E-state index in [1.165, 1.54) is 24.3 Å². The fourth-order valence-electron chi connectivity index (χ4n) is 3.11. The van der Waals surface area contributed by atoms with Crippen molar-refractivity contribution in [2.75, 3.05) is 17.4 Å². The Morgan fingerprint density at radius 3 is 2.19 bits per heavy atom. The van der Waals surface area contributed by atoms with E-state index in [0.717, 1.165) is 15.4 Å². The van der Waals surface area contributed by atoms with Crippen LogP contribution >= 0.6 is 11.6 Å². The van der Waals surface area contributed by atoms with Crippen molar-refractivity contribution in [3.63, 3.8) is 0 Å². The molecule has 3 rings (SSSR count). The van der Waals surface area contributed by atoms with Crippen molar-refractivity contribution < 1.29 is 13.2 Å². The first kappa shape index (κ1) is 22.8. The molecule has 0 saturated heterocycles. The standard InChI is InChI=1S/C24H25ClN2O3S/c1-18-8-12-22(13-9-18)27(31(29,30)23-14-10-21(25)11-15-23)17-24(28)26-16-19(2)20-6-4-3-5-7-20/h3-15,19H,16-17H2,1-2H3,(H,26,28)/t19-/m1/s1. The second-order valence-electron chi connectivity index (χ2n) is 7.42. The van der Waals surface area contributed by atoms with Gasteiger partial charge in [-0.2, -0.15) is 0 Å². The Labute approximate surface area is 188 Å². The van der Waals surface area contributed by atoms with Gasteiger partial charge in [-0.15, -0.1) is 0 Å². The summed E-state index contributed by atoms with van der Waals surface area (Å²) < 4.78 is 27.8. The Hall–Kier alpha value is -2.83. The molecule has 0 aliphatic heterocycles. The van der Waals surface area contributed by atoms with Crippen LogP contribution in [-0.4, -0.2) is 27.4 Å². The average molecular weight is 457 g/mol. The van der Waals surface area contributed by atoms with Crippen LogP contribution in [0.15, 0.2) is 83.8 Å². The molecular formula is C24H25ClN2O3S. The normalized spacial score (nSPS) is 12.2. The predicted octanol–water partition coefficient (Wildman–Crippen LogP) is 4.76. The predicted molar refractivity (Wildman–Crippen MR) is 125 cm³/mol. The summed E-state index contributed by atoms with van der Waals surface area (Å²) in [7, 11) is -3.96. The maximum atomic E-state index is 13.3. The van der Waals surface area contributed by atoms with E-state index in [0.29, 0.717) is 17.3 Å². The third kappa shape index (κ3) is 5.87. The number of nitrogens with zero attached hydrogens (tertiary/aromatic N) is 1. The maximum absolute atomic E-state index is 13.3. The van der Waals surface area contributed by atoms with E-state index >= 15 is 0 Å². The lowest BCUT2D eigenvalue weighted by atomic mass is 10.0. The summed E-state index contributed by atoms with van der Waals surface area (Å²) >= 11 is 5.91. The van der Waals surface area contributed by atoms with E-state index in [4.69, 9.17) is 11.6 Å². The molecule has 0 aliphatic carbocycles. The molecule has 0 radical (unpaired) electrons. The monoisotopic (exact) mass is 456 g/mol. The van der Waals surface area contributed by atoms with Gasteiger partial charge in [-0.3, -0.25) is 9.10 Å². The van der Waals surface area contributed by atoms with Gasteiger partial charge < -0.3 is 5.32 Å². The van der Waals surface area contributed by atoms with E-state index in [-0.39, 0.29) is 23.3 Å². The largest absolute Gasteiger partial charge is 0.354 e. The Morgan fingerprint density at radius 1 is 0.968 bits per heavy atom. The van der Waals surface area contributed by atoms with E-state index in [1.807, 2.05) is 56.3 Å². The molecule has 1 N–H and O–H groups in total. The molecule has 3 aromatic carbocycles. The molecular weight excluding hydrogens is 432 g/mol. The molecule has 5 nitrogen and oxygen atoms in total. The van der Waals surface area contributed by atoms with Crippen LogP contribution in [0.1, 0.15) is 24.0 Å². The molecule has 0 saturated carbocycles. The molecule has 31 heavy (non-hydrogen) atoms. The number of halogens is 1. The number of rotatable bonds is 8. The van der Waals surface area contributed by atoms with Crippen molar-refractivity contribution in [3.8, 4) is 0 Å². The van der Waals surface area contributed by atoms with Gasteiger partial charge in [-0.05, 0) is 54.8 Å². The lowest BCUT2D eigenvalue weighted by Gasteiger charge is -2.24. The molecule has 7 heteroatoms. The van der Waals surface area contributed by atoms with Gasteiger partial charge in [-0.1, -0.05) is 66.6 Å². The topological polar surface area (TPSA) is 66.5 Å². The molecule has 0 spiro atoms. The summed E-state index contributed by atoms with van der Waals surface area (Å²) in [6, 6.07) is 22.8. The summed E-state index contributed by atoms with van der Waals surface area (Å²) in [4.78, 5) is 12.8. The van der Waals surface area contributed by atoms with E-state index in [9.17, 15) is 13.2 Å². The van der Waals surface area contributed by atoms with Crippen LogP contribution in [0.5, 0.6) is 0 Å². The molecule has 0 aromatic heterocycles. The lowest BCUT2D eigenvalue weighted by Crippen LogP contribution is -2.41. The first-order chi connectivity index (χ1) is 14.8. The molecule has 1 amide bonds. The minimum atomic E-state index is -3.96. The number of nitrogens with one attached hydrogen (secondary N) is 1. The molecule has 1 atom stereocenters. The zero-order valence-electron chi connectivity index (χ0n) is 17.5. The van der Waals surface area contributed by atoms with Crippen molar-refractivity contribution in [1.82, 2.24) is 5.32 Å². The number of hydrogen-bond acceptors (Lipinski definition) is 3. The number of hydrogen-bond donors (Lipinski definition) is 1. The van der Waals surface area contributed by atoms with Crippen molar-refractivity contribution in [2.45, 2.75) is 24.7 Å².